The van der Waals surface area contributed by atoms with Crippen molar-refractivity contribution < 1.29 is 4.42 Å². The van der Waals surface area contributed by atoms with Gasteiger partial charge in [0.1, 0.15) is 11.5 Å². The Morgan fingerprint density at radius 2 is 2.10 bits per heavy atom. The zero-order valence-corrected chi connectivity index (χ0v) is 6.64. The molecule has 0 saturated carbocycles. The van der Waals surface area contributed by atoms with Crippen molar-refractivity contribution in [3.05, 3.63) is 29.2 Å². The van der Waals surface area contributed by atoms with E-state index in [1.165, 1.54) is 5.56 Å². The van der Waals surface area contributed by atoms with E-state index >= 15 is 0 Å². The first-order valence-corrected chi connectivity index (χ1v) is 3.43. The second kappa shape index (κ2) is 2.74. The molecule has 1 nitrogen and oxygen atoms in total. The molecule has 0 aromatic carbocycles. The smallest absolute Gasteiger partial charge is 0.108 e. The van der Waals surface area contributed by atoms with Crippen molar-refractivity contribution in [2.45, 2.75) is 20.8 Å². The molecular formula is C9H12O. The number of allylic oxidation sites excluding steroid dienone is 1. The largest absolute Gasteiger partial charge is 0.466 e. The van der Waals surface area contributed by atoms with E-state index in [2.05, 4.69) is 0 Å². The van der Waals surface area contributed by atoms with Gasteiger partial charge in [-0.15, -0.1) is 0 Å². The third-order valence-corrected chi connectivity index (χ3v) is 1.43. The minimum Gasteiger partial charge on any atom is -0.466 e. The number of aryl methyl sites for hydroxylation is 2. The van der Waals surface area contributed by atoms with Gasteiger partial charge in [-0.05, 0) is 26.8 Å². The molecule has 54 valence electrons. The summed E-state index contributed by atoms with van der Waals surface area (Å²) in [7, 11) is 0. The van der Waals surface area contributed by atoms with Gasteiger partial charge in [0.2, 0.25) is 0 Å². The van der Waals surface area contributed by atoms with Gasteiger partial charge in [-0.25, -0.2) is 0 Å². The lowest BCUT2D eigenvalue weighted by atomic mass is 10.2. The molecule has 0 aliphatic carbocycles. The Kier molecular flexibility index (Phi) is 1.95. The summed E-state index contributed by atoms with van der Waals surface area (Å²) in [6, 6.07) is 2.04. The van der Waals surface area contributed by atoms with Crippen LogP contribution < -0.4 is 0 Å². The molecule has 0 spiro atoms. The topological polar surface area (TPSA) is 13.1 Å². The lowest BCUT2D eigenvalue weighted by molar-refractivity contribution is 0.504. The molecule has 0 amide bonds. The van der Waals surface area contributed by atoms with E-state index in [9.17, 15) is 0 Å². The zero-order chi connectivity index (χ0) is 7.56. The molecule has 1 heterocycles. The van der Waals surface area contributed by atoms with E-state index < -0.39 is 0 Å². The first kappa shape index (κ1) is 7.13. The molecule has 0 bridgehead atoms. The first-order valence-electron chi connectivity index (χ1n) is 3.43. The normalized spacial score (nSPS) is 11.1. The summed E-state index contributed by atoms with van der Waals surface area (Å²) in [5.74, 6) is 1.97. The van der Waals surface area contributed by atoms with Crippen molar-refractivity contribution in [2.24, 2.45) is 0 Å². The van der Waals surface area contributed by atoms with Gasteiger partial charge in [-0.1, -0.05) is 12.2 Å². The van der Waals surface area contributed by atoms with Crippen LogP contribution in [0.2, 0.25) is 0 Å². The number of furan rings is 1. The number of rotatable bonds is 1. The third kappa shape index (κ3) is 1.29. The van der Waals surface area contributed by atoms with Gasteiger partial charge in [-0.2, -0.15) is 0 Å². The van der Waals surface area contributed by atoms with Gasteiger partial charge >= 0.3 is 0 Å². The lowest BCUT2D eigenvalue weighted by Crippen LogP contribution is -1.66. The van der Waals surface area contributed by atoms with E-state index in [4.69, 9.17) is 4.42 Å². The van der Waals surface area contributed by atoms with E-state index in [0.717, 1.165) is 11.5 Å². The van der Waals surface area contributed by atoms with Crippen molar-refractivity contribution >= 4 is 6.08 Å². The van der Waals surface area contributed by atoms with Crippen LogP contribution in [0.25, 0.3) is 6.08 Å². The minimum atomic E-state index is 0.977. The molecule has 0 fully saturated rings. The summed E-state index contributed by atoms with van der Waals surface area (Å²) >= 11 is 0. The predicted octanol–water partition coefficient (Wildman–Crippen LogP) is 2.93. The van der Waals surface area contributed by atoms with Crippen LogP contribution in [0.1, 0.15) is 24.0 Å². The van der Waals surface area contributed by atoms with E-state index in [0.29, 0.717) is 0 Å². The highest BCUT2D eigenvalue weighted by molar-refractivity contribution is 5.51. The van der Waals surface area contributed by atoms with Crippen molar-refractivity contribution in [3.63, 3.8) is 0 Å². The summed E-state index contributed by atoms with van der Waals surface area (Å²) < 4.78 is 5.32. The second-order valence-corrected chi connectivity index (χ2v) is 2.37. The Bertz CT molecular complexity index is 243. The summed E-state index contributed by atoms with van der Waals surface area (Å²) in [4.78, 5) is 0. The Labute approximate surface area is 61.4 Å². The van der Waals surface area contributed by atoms with Crippen molar-refractivity contribution in [1.29, 1.82) is 0 Å². The maximum Gasteiger partial charge on any atom is 0.108 e. The Morgan fingerprint density at radius 3 is 2.50 bits per heavy atom. The van der Waals surface area contributed by atoms with Crippen LogP contribution in [0, 0.1) is 13.8 Å². The van der Waals surface area contributed by atoms with Gasteiger partial charge in [0.15, 0.2) is 0 Å². The van der Waals surface area contributed by atoms with Crippen molar-refractivity contribution in [2.75, 3.05) is 0 Å². The summed E-state index contributed by atoms with van der Waals surface area (Å²) in [6.07, 6.45) is 4.06. The standard InChI is InChI=1S/C9H12O/c1-4-5-9-6-7(2)10-8(9)3/h4-6H,1-3H3/b5-4+. The van der Waals surface area contributed by atoms with Crippen LogP contribution in [0.15, 0.2) is 16.6 Å². The van der Waals surface area contributed by atoms with Gasteiger partial charge < -0.3 is 4.42 Å². The van der Waals surface area contributed by atoms with Crippen molar-refractivity contribution in [3.8, 4) is 0 Å². The fourth-order valence-electron chi connectivity index (χ4n) is 0.996. The molecule has 0 unspecified atom stereocenters. The van der Waals surface area contributed by atoms with E-state index in [1.807, 2.05) is 39.0 Å². The summed E-state index contributed by atoms with van der Waals surface area (Å²) in [5, 5.41) is 0. The molecule has 0 atom stereocenters. The fourth-order valence-corrected chi connectivity index (χ4v) is 0.996. The molecule has 1 aromatic rings. The third-order valence-electron chi connectivity index (χ3n) is 1.43. The molecule has 0 radical (unpaired) electrons. The Balaban J connectivity index is 3.03. The van der Waals surface area contributed by atoms with E-state index in [-0.39, 0.29) is 0 Å². The van der Waals surface area contributed by atoms with E-state index in [1.54, 1.807) is 0 Å². The minimum absolute atomic E-state index is 0.977. The van der Waals surface area contributed by atoms with Crippen LogP contribution in [-0.2, 0) is 0 Å². The maximum atomic E-state index is 5.32. The van der Waals surface area contributed by atoms with Crippen LogP contribution in [-0.4, -0.2) is 0 Å². The highest BCUT2D eigenvalue weighted by Crippen LogP contribution is 2.14. The molecule has 1 aromatic heterocycles. The molecular weight excluding hydrogens is 124 g/mol. The summed E-state index contributed by atoms with van der Waals surface area (Å²) in [5.41, 5.74) is 1.18. The molecule has 0 aliphatic rings. The average molecular weight is 136 g/mol. The van der Waals surface area contributed by atoms with Gasteiger partial charge in [0.25, 0.3) is 0 Å². The molecule has 1 heteroatoms. The monoisotopic (exact) mass is 136 g/mol. The van der Waals surface area contributed by atoms with Crippen LogP contribution in [0.5, 0.6) is 0 Å². The Morgan fingerprint density at radius 1 is 1.40 bits per heavy atom. The highest BCUT2D eigenvalue weighted by atomic mass is 16.3. The molecule has 0 saturated heterocycles. The molecule has 0 N–H and O–H groups in total. The maximum absolute atomic E-state index is 5.32. The second-order valence-electron chi connectivity index (χ2n) is 2.37. The fraction of sp³-hybridized carbons (Fsp3) is 0.333. The van der Waals surface area contributed by atoms with Crippen LogP contribution in [0.3, 0.4) is 0 Å². The Hall–Kier alpha value is -0.980. The molecule has 0 aliphatic heterocycles. The number of hydrogen-bond acceptors (Lipinski definition) is 1. The van der Waals surface area contributed by atoms with Crippen LogP contribution >= 0.6 is 0 Å². The first-order chi connectivity index (χ1) is 4.74. The molecule has 10 heavy (non-hydrogen) atoms. The zero-order valence-electron chi connectivity index (χ0n) is 6.64. The SMILES string of the molecule is C/C=C/c1cc(C)oc1C. The van der Waals surface area contributed by atoms with Gasteiger partial charge in [0.05, 0.1) is 0 Å². The lowest BCUT2D eigenvalue weighted by Gasteiger charge is -1.83. The quantitative estimate of drug-likeness (QED) is 0.578. The summed E-state index contributed by atoms with van der Waals surface area (Å²) in [6.45, 7) is 5.93. The van der Waals surface area contributed by atoms with Crippen LogP contribution in [0.4, 0.5) is 0 Å². The van der Waals surface area contributed by atoms with Gasteiger partial charge in [0, 0.05) is 5.56 Å². The average Bonchev–Trinajstić information content (AvgIpc) is 2.13. The molecule has 1 rings (SSSR count). The van der Waals surface area contributed by atoms with Gasteiger partial charge in [-0.3, -0.25) is 0 Å². The highest BCUT2D eigenvalue weighted by Gasteiger charge is 1.98. The number of hydrogen-bond donors (Lipinski definition) is 0. The van der Waals surface area contributed by atoms with Crippen molar-refractivity contribution in [1.82, 2.24) is 0 Å². The predicted molar refractivity (Wildman–Crippen MR) is 42.9 cm³/mol.